The van der Waals surface area contributed by atoms with Crippen molar-refractivity contribution >= 4 is 6.08 Å². The number of benzene rings is 1. The van der Waals surface area contributed by atoms with E-state index in [1.54, 1.807) is 5.57 Å². The van der Waals surface area contributed by atoms with Crippen molar-refractivity contribution in [3.63, 3.8) is 0 Å². The largest absolute Gasteiger partial charge is 0.0699 e. The van der Waals surface area contributed by atoms with Crippen molar-refractivity contribution in [3.05, 3.63) is 41.5 Å². The van der Waals surface area contributed by atoms with Crippen LogP contribution in [0.2, 0.25) is 0 Å². The number of hydrogen-bond donors (Lipinski definition) is 0. The lowest BCUT2D eigenvalue weighted by atomic mass is 10.0. The highest BCUT2D eigenvalue weighted by molar-refractivity contribution is 5.52. The number of hydrogen-bond acceptors (Lipinski definition) is 0. The molecule has 0 saturated heterocycles. The topological polar surface area (TPSA) is 0 Å². The van der Waals surface area contributed by atoms with Gasteiger partial charge in [0.05, 0.1) is 0 Å². The summed E-state index contributed by atoms with van der Waals surface area (Å²) in [5.74, 6) is 0. The van der Waals surface area contributed by atoms with Gasteiger partial charge in [0.2, 0.25) is 0 Å². The Morgan fingerprint density at radius 2 is 1.80 bits per heavy atom. The first-order chi connectivity index (χ1) is 7.36. The van der Waals surface area contributed by atoms with Gasteiger partial charge in [-0.25, -0.2) is 0 Å². The fraction of sp³-hybridized carbons (Fsp3) is 0.467. The quantitative estimate of drug-likeness (QED) is 0.565. The van der Waals surface area contributed by atoms with Gasteiger partial charge in [0, 0.05) is 0 Å². The zero-order chi connectivity index (χ0) is 10.9. The van der Waals surface area contributed by atoms with E-state index >= 15 is 0 Å². The third-order valence-electron chi connectivity index (χ3n) is 2.73. The first-order valence-electron chi connectivity index (χ1n) is 6.11. The van der Waals surface area contributed by atoms with E-state index < -0.39 is 0 Å². The van der Waals surface area contributed by atoms with Crippen molar-refractivity contribution in [1.82, 2.24) is 0 Å². The lowest BCUT2D eigenvalue weighted by molar-refractivity contribution is 0.704. The minimum absolute atomic E-state index is 1.18. The van der Waals surface area contributed by atoms with Gasteiger partial charge >= 0.3 is 0 Å². The molecule has 0 amide bonds. The molecule has 0 unspecified atom stereocenters. The van der Waals surface area contributed by atoms with E-state index in [4.69, 9.17) is 0 Å². The highest BCUT2D eigenvalue weighted by atomic mass is 14.0. The van der Waals surface area contributed by atoms with Gasteiger partial charge in [-0.15, -0.1) is 0 Å². The summed E-state index contributed by atoms with van der Waals surface area (Å²) in [5, 5.41) is 0. The molecule has 0 nitrogen and oxygen atoms in total. The van der Waals surface area contributed by atoms with E-state index in [1.807, 2.05) is 0 Å². The Labute approximate surface area is 94.0 Å². The summed E-state index contributed by atoms with van der Waals surface area (Å²) in [6.45, 7) is 4.51. The molecule has 0 aliphatic heterocycles. The van der Waals surface area contributed by atoms with Crippen LogP contribution in [0.3, 0.4) is 0 Å². The van der Waals surface area contributed by atoms with Crippen LogP contribution in [0.25, 0.3) is 6.08 Å². The maximum absolute atomic E-state index is 2.34. The maximum atomic E-state index is 2.34. The molecule has 0 radical (unpaired) electrons. The normalized spacial score (nSPS) is 11.7. The molecule has 0 N–H and O–H groups in total. The summed E-state index contributed by atoms with van der Waals surface area (Å²) in [7, 11) is 0. The summed E-state index contributed by atoms with van der Waals surface area (Å²) in [6.07, 6.45) is 8.78. The predicted octanol–water partition coefficient (Wildman–Crippen LogP) is 5.06. The zero-order valence-corrected chi connectivity index (χ0v) is 10.00. The van der Waals surface area contributed by atoms with Crippen LogP contribution < -0.4 is 0 Å². The molecule has 0 saturated carbocycles. The van der Waals surface area contributed by atoms with Crippen molar-refractivity contribution in [2.45, 2.75) is 46.0 Å². The van der Waals surface area contributed by atoms with Crippen molar-refractivity contribution in [3.8, 4) is 0 Å². The molecule has 0 heteroatoms. The first-order valence-corrected chi connectivity index (χ1v) is 6.11. The predicted molar refractivity (Wildman–Crippen MR) is 68.9 cm³/mol. The summed E-state index contributed by atoms with van der Waals surface area (Å²) in [5.41, 5.74) is 2.92. The van der Waals surface area contributed by atoms with Crippen LogP contribution in [-0.4, -0.2) is 0 Å². The van der Waals surface area contributed by atoms with Crippen molar-refractivity contribution in [2.24, 2.45) is 0 Å². The zero-order valence-electron chi connectivity index (χ0n) is 10.00. The SMILES string of the molecule is CCCCCC(=Cc1ccccc1)CC. The van der Waals surface area contributed by atoms with E-state index in [0.717, 1.165) is 0 Å². The molecule has 82 valence electrons. The average Bonchev–Trinajstić information content (AvgIpc) is 2.29. The van der Waals surface area contributed by atoms with Gasteiger partial charge in [-0.3, -0.25) is 0 Å². The van der Waals surface area contributed by atoms with Crippen LogP contribution in [0, 0.1) is 0 Å². The summed E-state index contributed by atoms with van der Waals surface area (Å²) in [4.78, 5) is 0. The molecule has 1 aromatic carbocycles. The third-order valence-corrected chi connectivity index (χ3v) is 2.73. The Bertz CT molecular complexity index is 282. The second kappa shape index (κ2) is 7.28. The molecule has 1 aromatic rings. The highest BCUT2D eigenvalue weighted by Crippen LogP contribution is 2.16. The summed E-state index contributed by atoms with van der Waals surface area (Å²) >= 11 is 0. The summed E-state index contributed by atoms with van der Waals surface area (Å²) < 4.78 is 0. The molecular formula is C15H22. The van der Waals surface area contributed by atoms with Gasteiger partial charge in [0.25, 0.3) is 0 Å². The summed E-state index contributed by atoms with van der Waals surface area (Å²) in [6, 6.07) is 10.6. The Hall–Kier alpha value is -1.04. The van der Waals surface area contributed by atoms with Crippen LogP contribution in [0.4, 0.5) is 0 Å². The molecule has 1 rings (SSSR count). The van der Waals surface area contributed by atoms with E-state index in [0.29, 0.717) is 0 Å². The van der Waals surface area contributed by atoms with Gasteiger partial charge < -0.3 is 0 Å². The number of allylic oxidation sites excluding steroid dienone is 1. The van der Waals surface area contributed by atoms with Crippen molar-refractivity contribution < 1.29 is 0 Å². The Kier molecular flexibility index (Phi) is 5.84. The molecular weight excluding hydrogens is 180 g/mol. The third kappa shape index (κ3) is 4.83. The van der Waals surface area contributed by atoms with Gasteiger partial charge in [0.15, 0.2) is 0 Å². The standard InChI is InChI=1S/C15H22/c1-3-5-7-10-14(4-2)13-15-11-8-6-9-12-15/h6,8-9,11-13H,3-5,7,10H2,1-2H3. The monoisotopic (exact) mass is 202 g/mol. The lowest BCUT2D eigenvalue weighted by Crippen LogP contribution is -1.83. The van der Waals surface area contributed by atoms with Crippen molar-refractivity contribution in [1.29, 1.82) is 0 Å². The Balaban J connectivity index is 2.54. The molecule has 0 fully saturated rings. The van der Waals surface area contributed by atoms with Gasteiger partial charge in [-0.2, -0.15) is 0 Å². The van der Waals surface area contributed by atoms with Gasteiger partial charge in [0.1, 0.15) is 0 Å². The first kappa shape index (κ1) is 12.0. The molecule has 0 aromatic heterocycles. The van der Waals surface area contributed by atoms with Crippen LogP contribution in [-0.2, 0) is 0 Å². The van der Waals surface area contributed by atoms with Crippen molar-refractivity contribution in [2.75, 3.05) is 0 Å². The molecule has 0 spiro atoms. The van der Waals surface area contributed by atoms with Crippen LogP contribution in [0.15, 0.2) is 35.9 Å². The van der Waals surface area contributed by atoms with Crippen LogP contribution in [0.5, 0.6) is 0 Å². The molecule has 0 bridgehead atoms. The van der Waals surface area contributed by atoms with Gasteiger partial charge in [-0.1, -0.05) is 68.7 Å². The van der Waals surface area contributed by atoms with Gasteiger partial charge in [-0.05, 0) is 24.8 Å². The molecule has 0 aliphatic rings. The average molecular weight is 202 g/mol. The molecule has 0 atom stereocenters. The fourth-order valence-corrected chi connectivity index (χ4v) is 1.74. The second-order valence-electron chi connectivity index (χ2n) is 4.02. The number of rotatable bonds is 6. The van der Waals surface area contributed by atoms with Crippen LogP contribution >= 0.6 is 0 Å². The Morgan fingerprint density at radius 1 is 1.07 bits per heavy atom. The van der Waals surface area contributed by atoms with Crippen LogP contribution in [0.1, 0.15) is 51.5 Å². The fourth-order valence-electron chi connectivity index (χ4n) is 1.74. The minimum atomic E-state index is 1.18. The lowest BCUT2D eigenvalue weighted by Gasteiger charge is -2.04. The van der Waals surface area contributed by atoms with E-state index in [9.17, 15) is 0 Å². The second-order valence-corrected chi connectivity index (χ2v) is 4.02. The van der Waals surface area contributed by atoms with E-state index in [1.165, 1.54) is 37.7 Å². The maximum Gasteiger partial charge on any atom is -0.0257 e. The molecule has 15 heavy (non-hydrogen) atoms. The smallest absolute Gasteiger partial charge is 0.0257 e. The molecule has 0 heterocycles. The number of unbranched alkanes of at least 4 members (excludes halogenated alkanes) is 2. The minimum Gasteiger partial charge on any atom is -0.0699 e. The van der Waals surface area contributed by atoms with E-state index in [2.05, 4.69) is 50.3 Å². The molecule has 0 aliphatic carbocycles. The van der Waals surface area contributed by atoms with E-state index in [-0.39, 0.29) is 0 Å². The highest BCUT2D eigenvalue weighted by Gasteiger charge is 1.95. The Morgan fingerprint density at radius 3 is 2.40 bits per heavy atom.